The van der Waals surface area contributed by atoms with Gasteiger partial charge in [-0.3, -0.25) is 19.4 Å². The highest BCUT2D eigenvalue weighted by Crippen LogP contribution is 2.22. The standard InChI is InChI=1S/C23H20ClN5O3/c24-18-10-5-4-9-17(18)22(31)29-14-6-13-28(23(29)32)20-12-11-19(26-27-20)21(30)25-15-16-7-2-1-3-8-16/h1-5,7-12H,6,13-15H2,(H,25,30). The van der Waals surface area contributed by atoms with Crippen LogP contribution in [-0.4, -0.2) is 46.0 Å². The summed E-state index contributed by atoms with van der Waals surface area (Å²) >= 11 is 6.12. The van der Waals surface area contributed by atoms with Crippen molar-refractivity contribution in [2.75, 3.05) is 18.0 Å². The van der Waals surface area contributed by atoms with Crippen LogP contribution in [-0.2, 0) is 6.54 Å². The molecule has 32 heavy (non-hydrogen) atoms. The van der Waals surface area contributed by atoms with Gasteiger partial charge in [0.1, 0.15) is 0 Å². The van der Waals surface area contributed by atoms with E-state index in [0.29, 0.717) is 19.5 Å². The van der Waals surface area contributed by atoms with Crippen molar-refractivity contribution in [2.45, 2.75) is 13.0 Å². The normalized spacial score (nSPS) is 13.7. The second-order valence-electron chi connectivity index (χ2n) is 7.17. The SMILES string of the molecule is O=C(NCc1ccccc1)c1ccc(N2CCCN(C(=O)c3ccccc3Cl)C2=O)nn1. The fourth-order valence-corrected chi connectivity index (χ4v) is 3.58. The van der Waals surface area contributed by atoms with Crippen LogP contribution in [0.25, 0.3) is 0 Å². The highest BCUT2D eigenvalue weighted by molar-refractivity contribution is 6.34. The molecule has 1 saturated heterocycles. The smallest absolute Gasteiger partial charge is 0.332 e. The Morgan fingerprint density at radius 2 is 1.69 bits per heavy atom. The summed E-state index contributed by atoms with van der Waals surface area (Å²) in [7, 11) is 0. The second-order valence-corrected chi connectivity index (χ2v) is 7.58. The molecule has 1 aliphatic heterocycles. The first kappa shape index (κ1) is 21.5. The van der Waals surface area contributed by atoms with Crippen molar-refractivity contribution in [1.82, 2.24) is 20.4 Å². The molecule has 0 saturated carbocycles. The topological polar surface area (TPSA) is 95.5 Å². The van der Waals surface area contributed by atoms with E-state index in [2.05, 4.69) is 15.5 Å². The van der Waals surface area contributed by atoms with Gasteiger partial charge in [-0.25, -0.2) is 4.79 Å². The van der Waals surface area contributed by atoms with Crippen LogP contribution in [0.5, 0.6) is 0 Å². The summed E-state index contributed by atoms with van der Waals surface area (Å²) in [4.78, 5) is 40.7. The maximum Gasteiger partial charge on any atom is 0.332 e. The summed E-state index contributed by atoms with van der Waals surface area (Å²) in [6, 6.07) is 18.7. The van der Waals surface area contributed by atoms with Crippen molar-refractivity contribution < 1.29 is 14.4 Å². The van der Waals surface area contributed by atoms with Gasteiger partial charge in [-0.15, -0.1) is 10.2 Å². The predicted octanol–water partition coefficient (Wildman–Crippen LogP) is 3.53. The summed E-state index contributed by atoms with van der Waals surface area (Å²) in [5, 5.41) is 11.1. The number of rotatable bonds is 5. The third-order valence-corrected chi connectivity index (χ3v) is 5.36. The van der Waals surface area contributed by atoms with E-state index in [1.807, 2.05) is 30.3 Å². The number of halogens is 1. The third kappa shape index (κ3) is 4.60. The van der Waals surface area contributed by atoms with E-state index in [9.17, 15) is 14.4 Å². The van der Waals surface area contributed by atoms with Crippen LogP contribution in [0.1, 0.15) is 32.8 Å². The number of urea groups is 1. The molecule has 1 aromatic heterocycles. The monoisotopic (exact) mass is 449 g/mol. The van der Waals surface area contributed by atoms with Gasteiger partial charge < -0.3 is 5.32 Å². The Hall–Kier alpha value is -3.78. The van der Waals surface area contributed by atoms with E-state index in [1.54, 1.807) is 30.3 Å². The van der Waals surface area contributed by atoms with E-state index in [1.165, 1.54) is 11.0 Å². The Bertz CT molecular complexity index is 1140. The van der Waals surface area contributed by atoms with Crippen LogP contribution in [0, 0.1) is 0 Å². The molecule has 4 amide bonds. The van der Waals surface area contributed by atoms with E-state index >= 15 is 0 Å². The molecule has 0 radical (unpaired) electrons. The molecular formula is C23H20ClN5O3. The molecule has 3 aromatic rings. The minimum absolute atomic E-state index is 0.137. The second kappa shape index (κ2) is 9.57. The summed E-state index contributed by atoms with van der Waals surface area (Å²) in [6.45, 7) is 1.04. The maximum atomic E-state index is 13.0. The molecule has 4 rings (SSSR count). The van der Waals surface area contributed by atoms with Crippen molar-refractivity contribution >= 4 is 35.3 Å². The molecule has 2 aromatic carbocycles. The van der Waals surface area contributed by atoms with E-state index < -0.39 is 11.9 Å². The van der Waals surface area contributed by atoms with Gasteiger partial charge in [0.15, 0.2) is 11.5 Å². The van der Waals surface area contributed by atoms with Gasteiger partial charge in [0, 0.05) is 19.6 Å². The molecular weight excluding hydrogens is 430 g/mol. The summed E-state index contributed by atoms with van der Waals surface area (Å²) < 4.78 is 0. The number of carbonyl (C=O) groups excluding carboxylic acids is 3. The minimum atomic E-state index is -0.503. The number of nitrogens with one attached hydrogen (secondary N) is 1. The van der Waals surface area contributed by atoms with Gasteiger partial charge in [-0.2, -0.15) is 0 Å². The average molecular weight is 450 g/mol. The Morgan fingerprint density at radius 1 is 0.938 bits per heavy atom. The Labute approximate surface area is 189 Å². The van der Waals surface area contributed by atoms with E-state index in [4.69, 9.17) is 11.6 Å². The number of carbonyl (C=O) groups is 3. The average Bonchev–Trinajstić information content (AvgIpc) is 2.83. The van der Waals surface area contributed by atoms with E-state index in [0.717, 1.165) is 10.5 Å². The van der Waals surface area contributed by atoms with Gasteiger partial charge in [0.25, 0.3) is 11.8 Å². The van der Waals surface area contributed by atoms with Gasteiger partial charge in [0.2, 0.25) is 0 Å². The maximum absolute atomic E-state index is 13.0. The number of benzene rings is 2. The minimum Gasteiger partial charge on any atom is -0.347 e. The molecule has 1 fully saturated rings. The zero-order valence-corrected chi connectivity index (χ0v) is 17.8. The zero-order valence-electron chi connectivity index (χ0n) is 17.1. The number of hydrogen-bond donors (Lipinski definition) is 1. The predicted molar refractivity (Wildman–Crippen MR) is 119 cm³/mol. The number of aromatic nitrogens is 2. The van der Waals surface area contributed by atoms with Gasteiger partial charge >= 0.3 is 6.03 Å². The lowest BCUT2D eigenvalue weighted by atomic mass is 10.1. The Balaban J connectivity index is 1.44. The van der Waals surface area contributed by atoms with Crippen LogP contribution >= 0.6 is 11.6 Å². The van der Waals surface area contributed by atoms with Crippen LogP contribution in [0.15, 0.2) is 66.7 Å². The van der Waals surface area contributed by atoms with Crippen LogP contribution in [0.3, 0.4) is 0 Å². The van der Waals surface area contributed by atoms with Crippen LogP contribution in [0.4, 0.5) is 10.6 Å². The lowest BCUT2D eigenvalue weighted by Gasteiger charge is -2.33. The first-order chi connectivity index (χ1) is 15.5. The summed E-state index contributed by atoms with van der Waals surface area (Å²) in [5.41, 5.74) is 1.37. The van der Waals surface area contributed by atoms with Crippen LogP contribution < -0.4 is 10.2 Å². The zero-order chi connectivity index (χ0) is 22.5. The molecule has 0 spiro atoms. The molecule has 0 bridgehead atoms. The molecule has 0 unspecified atom stereocenters. The van der Waals surface area contributed by atoms with Crippen molar-refractivity contribution in [1.29, 1.82) is 0 Å². The molecule has 8 nitrogen and oxygen atoms in total. The summed E-state index contributed by atoms with van der Waals surface area (Å²) in [5.74, 6) is -0.560. The molecule has 162 valence electrons. The quantitative estimate of drug-likeness (QED) is 0.642. The number of nitrogens with zero attached hydrogens (tertiary/aromatic N) is 4. The van der Waals surface area contributed by atoms with Crippen molar-refractivity contribution in [3.63, 3.8) is 0 Å². The fourth-order valence-electron chi connectivity index (χ4n) is 3.36. The van der Waals surface area contributed by atoms with Crippen LogP contribution in [0.2, 0.25) is 5.02 Å². The Kier molecular flexibility index (Phi) is 6.42. The molecule has 1 N–H and O–H groups in total. The number of anilines is 1. The molecule has 9 heteroatoms. The molecule has 1 aliphatic rings. The first-order valence-electron chi connectivity index (χ1n) is 10.1. The van der Waals surface area contributed by atoms with Gasteiger partial charge in [-0.05, 0) is 36.2 Å². The summed E-state index contributed by atoms with van der Waals surface area (Å²) in [6.07, 6.45) is 0.572. The highest BCUT2D eigenvalue weighted by Gasteiger charge is 2.33. The number of hydrogen-bond acceptors (Lipinski definition) is 5. The first-order valence-corrected chi connectivity index (χ1v) is 10.5. The van der Waals surface area contributed by atoms with Gasteiger partial charge in [0.05, 0.1) is 10.6 Å². The number of imide groups is 1. The fraction of sp³-hybridized carbons (Fsp3) is 0.174. The third-order valence-electron chi connectivity index (χ3n) is 5.03. The number of amides is 4. The lowest BCUT2D eigenvalue weighted by Crippen LogP contribution is -2.52. The largest absolute Gasteiger partial charge is 0.347 e. The molecule has 0 atom stereocenters. The van der Waals surface area contributed by atoms with Crippen molar-refractivity contribution in [3.05, 3.63) is 88.6 Å². The van der Waals surface area contributed by atoms with Crippen molar-refractivity contribution in [2.24, 2.45) is 0 Å². The van der Waals surface area contributed by atoms with E-state index in [-0.39, 0.29) is 34.5 Å². The highest BCUT2D eigenvalue weighted by atomic mass is 35.5. The lowest BCUT2D eigenvalue weighted by molar-refractivity contribution is 0.0793. The van der Waals surface area contributed by atoms with Gasteiger partial charge in [-0.1, -0.05) is 54.1 Å². The Morgan fingerprint density at radius 3 is 2.41 bits per heavy atom. The molecule has 0 aliphatic carbocycles. The van der Waals surface area contributed by atoms with Crippen molar-refractivity contribution in [3.8, 4) is 0 Å². The molecule has 2 heterocycles.